The molecule has 0 aliphatic carbocycles. The third-order valence-electron chi connectivity index (χ3n) is 4.87. The summed E-state index contributed by atoms with van der Waals surface area (Å²) in [6.07, 6.45) is 0.744. The Morgan fingerprint density at radius 3 is 2.03 bits per heavy atom. The highest BCUT2D eigenvalue weighted by Crippen LogP contribution is 2.23. The SMILES string of the molecule is CCC(C)C(=O)OCCOc1ccc(C(=O)Oc2ccc(-c3ccccc3)cc2)cc1. The van der Waals surface area contributed by atoms with Gasteiger partial charge in [0.2, 0.25) is 0 Å². The van der Waals surface area contributed by atoms with Crippen LogP contribution < -0.4 is 9.47 Å². The lowest BCUT2D eigenvalue weighted by Gasteiger charge is -2.10. The second kappa shape index (κ2) is 11.0. The quantitative estimate of drug-likeness (QED) is 0.259. The van der Waals surface area contributed by atoms with Gasteiger partial charge in [-0.05, 0) is 53.9 Å². The Hall–Kier alpha value is -3.60. The lowest BCUT2D eigenvalue weighted by Crippen LogP contribution is -2.17. The molecule has 3 aromatic rings. The van der Waals surface area contributed by atoms with Gasteiger partial charge in [0.1, 0.15) is 24.7 Å². The highest BCUT2D eigenvalue weighted by molar-refractivity contribution is 5.91. The van der Waals surface area contributed by atoms with Crippen LogP contribution in [0.25, 0.3) is 11.1 Å². The zero-order valence-electron chi connectivity index (χ0n) is 17.7. The molecule has 5 heteroatoms. The Morgan fingerprint density at radius 2 is 1.39 bits per heavy atom. The molecule has 0 saturated heterocycles. The minimum absolute atomic E-state index is 0.111. The third-order valence-corrected chi connectivity index (χ3v) is 4.87. The van der Waals surface area contributed by atoms with E-state index >= 15 is 0 Å². The molecule has 0 saturated carbocycles. The van der Waals surface area contributed by atoms with Crippen molar-refractivity contribution in [2.24, 2.45) is 5.92 Å². The molecule has 160 valence electrons. The standard InChI is InChI=1S/C26H26O5/c1-3-19(2)25(27)30-18-17-29-23-13-11-22(12-14-23)26(28)31-24-15-9-21(10-16-24)20-7-5-4-6-8-20/h4-16,19H,3,17-18H2,1-2H3. The monoisotopic (exact) mass is 418 g/mol. The number of carbonyl (C=O) groups excluding carboxylic acids is 2. The molecule has 0 bridgehead atoms. The molecule has 31 heavy (non-hydrogen) atoms. The van der Waals surface area contributed by atoms with Crippen LogP contribution in [-0.4, -0.2) is 25.2 Å². The molecule has 0 aliphatic rings. The summed E-state index contributed by atoms with van der Waals surface area (Å²) in [6.45, 7) is 4.21. The van der Waals surface area contributed by atoms with Crippen LogP contribution in [0.2, 0.25) is 0 Å². The van der Waals surface area contributed by atoms with Crippen LogP contribution in [0, 0.1) is 5.92 Å². The molecule has 0 aromatic heterocycles. The fourth-order valence-corrected chi connectivity index (χ4v) is 2.81. The van der Waals surface area contributed by atoms with Gasteiger partial charge in [-0.1, -0.05) is 56.3 Å². The third kappa shape index (κ3) is 6.44. The normalized spacial score (nSPS) is 11.4. The Labute approximate surface area is 182 Å². The first kappa shape index (κ1) is 22.1. The van der Waals surface area contributed by atoms with Crippen molar-refractivity contribution in [3.05, 3.63) is 84.4 Å². The molecule has 0 fully saturated rings. The van der Waals surface area contributed by atoms with E-state index in [1.165, 1.54) is 0 Å². The van der Waals surface area contributed by atoms with Crippen molar-refractivity contribution in [3.8, 4) is 22.6 Å². The van der Waals surface area contributed by atoms with E-state index in [0.717, 1.165) is 17.5 Å². The fourth-order valence-electron chi connectivity index (χ4n) is 2.81. The van der Waals surface area contributed by atoms with Crippen LogP contribution in [0.1, 0.15) is 30.6 Å². The Kier molecular flexibility index (Phi) is 7.82. The fraction of sp³-hybridized carbons (Fsp3) is 0.231. The van der Waals surface area contributed by atoms with Crippen molar-refractivity contribution < 1.29 is 23.8 Å². The zero-order valence-corrected chi connectivity index (χ0v) is 17.7. The molecule has 0 aliphatic heterocycles. The zero-order chi connectivity index (χ0) is 22.1. The first-order chi connectivity index (χ1) is 15.1. The smallest absolute Gasteiger partial charge is 0.343 e. The van der Waals surface area contributed by atoms with Gasteiger partial charge in [-0.3, -0.25) is 4.79 Å². The number of hydrogen-bond donors (Lipinski definition) is 0. The van der Waals surface area contributed by atoms with E-state index < -0.39 is 5.97 Å². The lowest BCUT2D eigenvalue weighted by atomic mass is 10.1. The summed E-state index contributed by atoms with van der Waals surface area (Å²) in [7, 11) is 0. The van der Waals surface area contributed by atoms with Crippen molar-refractivity contribution in [3.63, 3.8) is 0 Å². The summed E-state index contributed by atoms with van der Waals surface area (Å²) >= 11 is 0. The van der Waals surface area contributed by atoms with Crippen LogP contribution in [0.5, 0.6) is 11.5 Å². The molecule has 0 radical (unpaired) electrons. The number of ether oxygens (including phenoxy) is 3. The number of rotatable bonds is 9. The predicted octanol–water partition coefficient (Wildman–Crippen LogP) is 5.54. The Bertz CT molecular complexity index is 979. The van der Waals surface area contributed by atoms with Gasteiger partial charge in [-0.15, -0.1) is 0 Å². The molecule has 0 heterocycles. The van der Waals surface area contributed by atoms with Crippen LogP contribution >= 0.6 is 0 Å². The number of benzene rings is 3. The van der Waals surface area contributed by atoms with Crippen molar-refractivity contribution >= 4 is 11.9 Å². The summed E-state index contributed by atoms with van der Waals surface area (Å²) in [5, 5.41) is 0. The van der Waals surface area contributed by atoms with E-state index in [-0.39, 0.29) is 25.1 Å². The van der Waals surface area contributed by atoms with Gasteiger partial charge in [-0.2, -0.15) is 0 Å². The maximum atomic E-state index is 12.4. The lowest BCUT2D eigenvalue weighted by molar-refractivity contribution is -0.148. The summed E-state index contributed by atoms with van der Waals surface area (Å²) in [6, 6.07) is 24.0. The molecule has 0 spiro atoms. The van der Waals surface area contributed by atoms with Crippen molar-refractivity contribution in [1.82, 2.24) is 0 Å². The average Bonchev–Trinajstić information content (AvgIpc) is 2.82. The van der Waals surface area contributed by atoms with Crippen LogP contribution in [0.3, 0.4) is 0 Å². The van der Waals surface area contributed by atoms with Gasteiger partial charge in [-0.25, -0.2) is 4.79 Å². The Balaban J connectivity index is 1.48. The van der Waals surface area contributed by atoms with Gasteiger partial charge in [0.05, 0.1) is 11.5 Å². The molecular weight excluding hydrogens is 392 g/mol. The van der Waals surface area contributed by atoms with Gasteiger partial charge in [0, 0.05) is 0 Å². The summed E-state index contributed by atoms with van der Waals surface area (Å²) < 4.78 is 16.1. The van der Waals surface area contributed by atoms with Gasteiger partial charge < -0.3 is 14.2 Å². The molecule has 3 rings (SSSR count). The van der Waals surface area contributed by atoms with Gasteiger partial charge >= 0.3 is 11.9 Å². The second-order valence-electron chi connectivity index (χ2n) is 7.13. The molecule has 1 unspecified atom stereocenters. The molecule has 3 aromatic carbocycles. The minimum Gasteiger partial charge on any atom is -0.490 e. The van der Waals surface area contributed by atoms with Crippen molar-refractivity contribution in [2.75, 3.05) is 13.2 Å². The van der Waals surface area contributed by atoms with Gasteiger partial charge in [0.15, 0.2) is 0 Å². The first-order valence-corrected chi connectivity index (χ1v) is 10.3. The minimum atomic E-state index is -0.443. The van der Waals surface area contributed by atoms with E-state index in [0.29, 0.717) is 17.1 Å². The topological polar surface area (TPSA) is 61.8 Å². The molecule has 5 nitrogen and oxygen atoms in total. The highest BCUT2D eigenvalue weighted by Gasteiger charge is 2.12. The van der Waals surface area contributed by atoms with Gasteiger partial charge in [0.25, 0.3) is 0 Å². The van der Waals surface area contributed by atoms with E-state index in [9.17, 15) is 9.59 Å². The predicted molar refractivity (Wildman–Crippen MR) is 119 cm³/mol. The summed E-state index contributed by atoms with van der Waals surface area (Å²) in [5.41, 5.74) is 2.57. The van der Waals surface area contributed by atoms with Crippen LogP contribution in [0.4, 0.5) is 0 Å². The highest BCUT2D eigenvalue weighted by atomic mass is 16.6. The summed E-state index contributed by atoms with van der Waals surface area (Å²) in [5.74, 6) is 0.291. The first-order valence-electron chi connectivity index (χ1n) is 10.3. The molecule has 0 amide bonds. The number of hydrogen-bond acceptors (Lipinski definition) is 5. The van der Waals surface area contributed by atoms with E-state index in [4.69, 9.17) is 14.2 Å². The van der Waals surface area contributed by atoms with E-state index in [1.807, 2.05) is 56.3 Å². The maximum absolute atomic E-state index is 12.4. The Morgan fingerprint density at radius 1 is 0.774 bits per heavy atom. The molecular formula is C26H26O5. The van der Waals surface area contributed by atoms with E-state index in [1.54, 1.807) is 36.4 Å². The van der Waals surface area contributed by atoms with Crippen molar-refractivity contribution in [1.29, 1.82) is 0 Å². The van der Waals surface area contributed by atoms with Crippen molar-refractivity contribution in [2.45, 2.75) is 20.3 Å². The molecule has 0 N–H and O–H groups in total. The van der Waals surface area contributed by atoms with Crippen LogP contribution in [0.15, 0.2) is 78.9 Å². The largest absolute Gasteiger partial charge is 0.490 e. The summed E-state index contributed by atoms with van der Waals surface area (Å²) in [4.78, 5) is 24.0. The van der Waals surface area contributed by atoms with E-state index in [2.05, 4.69) is 0 Å². The number of carbonyl (C=O) groups is 2. The second-order valence-corrected chi connectivity index (χ2v) is 7.13. The maximum Gasteiger partial charge on any atom is 0.343 e. The number of esters is 2. The molecule has 1 atom stereocenters. The average molecular weight is 418 g/mol. The van der Waals surface area contributed by atoms with Crippen LogP contribution in [-0.2, 0) is 9.53 Å².